The van der Waals surface area contributed by atoms with Crippen LogP contribution in [0.2, 0.25) is 5.02 Å². The maximum absolute atomic E-state index is 12.5. The Hall–Kier alpha value is -2.63. The van der Waals surface area contributed by atoms with Crippen LogP contribution in [0.1, 0.15) is 16.8 Å². The van der Waals surface area contributed by atoms with Gasteiger partial charge in [-0.15, -0.1) is 0 Å². The second-order valence-corrected chi connectivity index (χ2v) is 7.34. The third-order valence-electron chi connectivity index (χ3n) is 4.26. The van der Waals surface area contributed by atoms with Crippen LogP contribution in [-0.4, -0.2) is 29.3 Å². The molecular weight excluding hydrogens is 360 g/mol. The van der Waals surface area contributed by atoms with Gasteiger partial charge in [-0.05, 0) is 38.1 Å². The smallest absolute Gasteiger partial charge is 0.280 e. The van der Waals surface area contributed by atoms with Gasteiger partial charge in [0.05, 0.1) is 18.4 Å². The topological polar surface area (TPSA) is 51.4 Å². The quantitative estimate of drug-likeness (QED) is 0.687. The van der Waals surface area contributed by atoms with Crippen LogP contribution in [0.25, 0.3) is 5.69 Å². The van der Waals surface area contributed by atoms with Crippen molar-refractivity contribution in [1.29, 1.82) is 0 Å². The summed E-state index contributed by atoms with van der Waals surface area (Å²) in [6, 6.07) is 17.6. The lowest BCUT2D eigenvalue weighted by Crippen LogP contribution is -3.08. The number of hydrogen-bond donors (Lipinski definition) is 2. The molecule has 2 aromatic carbocycles. The Balaban J connectivity index is 1.65. The predicted octanol–water partition coefficient (Wildman–Crippen LogP) is 2.80. The first-order valence-corrected chi connectivity index (χ1v) is 9.28. The molecule has 1 atom stereocenters. The van der Waals surface area contributed by atoms with E-state index in [0.717, 1.165) is 28.4 Å². The van der Waals surface area contributed by atoms with Gasteiger partial charge < -0.3 is 10.2 Å². The monoisotopic (exact) mass is 383 g/mol. The fourth-order valence-corrected chi connectivity index (χ4v) is 3.07. The number of nitrogens with zero attached hydrogens (tertiary/aromatic N) is 2. The number of nitrogens with one attached hydrogen (secondary N) is 2. The van der Waals surface area contributed by atoms with Crippen LogP contribution in [0, 0.1) is 13.8 Å². The van der Waals surface area contributed by atoms with Gasteiger partial charge in [0, 0.05) is 16.7 Å². The highest BCUT2D eigenvalue weighted by atomic mass is 35.5. The summed E-state index contributed by atoms with van der Waals surface area (Å²) in [6.07, 6.45) is 0. The number of rotatable bonds is 6. The number of aromatic nitrogens is 2. The lowest BCUT2D eigenvalue weighted by molar-refractivity contribution is -0.885. The number of aryl methyl sites for hydroxylation is 2. The highest BCUT2D eigenvalue weighted by Crippen LogP contribution is 2.17. The maximum Gasteiger partial charge on any atom is 0.280 e. The van der Waals surface area contributed by atoms with Crippen molar-refractivity contribution in [1.82, 2.24) is 9.78 Å². The zero-order chi connectivity index (χ0) is 19.4. The SMILES string of the molecule is Cc1ccc(-n2nc(C)cc2NC(=O)C[NH+](C)Cc2ccc(Cl)cc2)cc1. The summed E-state index contributed by atoms with van der Waals surface area (Å²) in [5, 5.41) is 8.21. The van der Waals surface area contributed by atoms with Crippen molar-refractivity contribution < 1.29 is 9.69 Å². The first-order chi connectivity index (χ1) is 12.9. The molecule has 0 saturated heterocycles. The Morgan fingerprint density at radius 1 is 1.11 bits per heavy atom. The summed E-state index contributed by atoms with van der Waals surface area (Å²) in [6.45, 7) is 5.07. The van der Waals surface area contributed by atoms with Crippen LogP contribution in [0.4, 0.5) is 5.82 Å². The zero-order valence-electron chi connectivity index (χ0n) is 15.8. The van der Waals surface area contributed by atoms with E-state index in [4.69, 9.17) is 11.6 Å². The molecule has 27 heavy (non-hydrogen) atoms. The molecule has 1 aromatic heterocycles. The van der Waals surface area contributed by atoms with Crippen LogP contribution in [0.3, 0.4) is 0 Å². The van der Waals surface area contributed by atoms with E-state index in [0.29, 0.717) is 17.4 Å². The van der Waals surface area contributed by atoms with Gasteiger partial charge in [-0.1, -0.05) is 41.4 Å². The molecule has 0 saturated carbocycles. The van der Waals surface area contributed by atoms with Crippen LogP contribution in [0.15, 0.2) is 54.6 Å². The molecule has 5 nitrogen and oxygen atoms in total. The molecule has 1 heterocycles. The average Bonchev–Trinajstić information content (AvgIpc) is 2.97. The molecule has 1 unspecified atom stereocenters. The van der Waals surface area contributed by atoms with Crippen LogP contribution in [-0.2, 0) is 11.3 Å². The van der Waals surface area contributed by atoms with Crippen LogP contribution < -0.4 is 10.2 Å². The Morgan fingerprint density at radius 2 is 1.78 bits per heavy atom. The minimum absolute atomic E-state index is 0.0466. The fraction of sp³-hybridized carbons (Fsp3) is 0.238. The van der Waals surface area contributed by atoms with E-state index in [2.05, 4.69) is 10.4 Å². The predicted molar refractivity (Wildman–Crippen MR) is 109 cm³/mol. The summed E-state index contributed by atoms with van der Waals surface area (Å²) in [4.78, 5) is 13.6. The summed E-state index contributed by atoms with van der Waals surface area (Å²) in [7, 11) is 2.00. The first kappa shape index (κ1) is 19.1. The molecule has 140 valence electrons. The van der Waals surface area contributed by atoms with Crippen molar-refractivity contribution in [3.05, 3.63) is 76.4 Å². The zero-order valence-corrected chi connectivity index (χ0v) is 16.5. The fourth-order valence-electron chi connectivity index (χ4n) is 2.95. The summed E-state index contributed by atoms with van der Waals surface area (Å²) < 4.78 is 1.77. The van der Waals surface area contributed by atoms with E-state index in [1.165, 1.54) is 5.56 Å². The summed E-state index contributed by atoms with van der Waals surface area (Å²) >= 11 is 5.92. The van der Waals surface area contributed by atoms with Crippen molar-refractivity contribution in [2.75, 3.05) is 18.9 Å². The molecule has 1 amide bonds. The number of halogens is 1. The maximum atomic E-state index is 12.5. The number of carbonyl (C=O) groups is 1. The minimum atomic E-state index is -0.0466. The third kappa shape index (κ3) is 5.18. The first-order valence-electron chi connectivity index (χ1n) is 8.90. The number of benzene rings is 2. The summed E-state index contributed by atoms with van der Waals surface area (Å²) in [5.41, 5.74) is 4.10. The Morgan fingerprint density at radius 3 is 2.44 bits per heavy atom. The Kier molecular flexibility index (Phi) is 5.94. The highest BCUT2D eigenvalue weighted by molar-refractivity contribution is 6.30. The molecule has 0 aliphatic rings. The van der Waals surface area contributed by atoms with Gasteiger partial charge in [-0.3, -0.25) is 4.79 Å². The molecule has 0 aliphatic heterocycles. The van der Waals surface area contributed by atoms with E-state index in [1.54, 1.807) is 4.68 Å². The number of amides is 1. The Labute approximate surface area is 164 Å². The van der Waals surface area contributed by atoms with Crippen molar-refractivity contribution >= 4 is 23.3 Å². The van der Waals surface area contributed by atoms with Crippen molar-refractivity contribution in [2.45, 2.75) is 20.4 Å². The van der Waals surface area contributed by atoms with Crippen LogP contribution >= 0.6 is 11.6 Å². The number of quaternary nitrogens is 1. The van der Waals surface area contributed by atoms with Gasteiger partial charge in [0.1, 0.15) is 12.4 Å². The molecule has 0 bridgehead atoms. The molecule has 0 spiro atoms. The van der Waals surface area contributed by atoms with E-state index in [1.807, 2.05) is 75.5 Å². The Bertz CT molecular complexity index is 916. The van der Waals surface area contributed by atoms with Gasteiger partial charge in [0.2, 0.25) is 0 Å². The number of anilines is 1. The van der Waals surface area contributed by atoms with E-state index in [9.17, 15) is 4.79 Å². The van der Waals surface area contributed by atoms with Crippen molar-refractivity contribution in [3.63, 3.8) is 0 Å². The molecule has 6 heteroatoms. The molecule has 3 rings (SSSR count). The van der Waals surface area contributed by atoms with Crippen LogP contribution in [0.5, 0.6) is 0 Å². The normalized spacial score (nSPS) is 12.0. The summed E-state index contributed by atoms with van der Waals surface area (Å²) in [5.74, 6) is 0.635. The van der Waals surface area contributed by atoms with Gasteiger partial charge >= 0.3 is 0 Å². The molecule has 0 fully saturated rings. The highest BCUT2D eigenvalue weighted by Gasteiger charge is 2.15. The van der Waals surface area contributed by atoms with Crippen molar-refractivity contribution in [2.24, 2.45) is 0 Å². The van der Waals surface area contributed by atoms with E-state index in [-0.39, 0.29) is 5.91 Å². The molecule has 2 N–H and O–H groups in total. The molecule has 3 aromatic rings. The number of carbonyl (C=O) groups excluding carboxylic acids is 1. The average molecular weight is 384 g/mol. The second kappa shape index (κ2) is 8.37. The lowest BCUT2D eigenvalue weighted by Gasteiger charge is -2.14. The number of hydrogen-bond acceptors (Lipinski definition) is 2. The lowest BCUT2D eigenvalue weighted by atomic mass is 10.2. The van der Waals surface area contributed by atoms with Gasteiger partial charge in [-0.2, -0.15) is 5.10 Å². The molecule has 0 radical (unpaired) electrons. The van der Waals surface area contributed by atoms with Gasteiger partial charge in [0.25, 0.3) is 5.91 Å². The standard InChI is InChI=1S/C21H23ClN4O/c1-15-4-10-19(11-5-15)26-20(12-16(2)24-26)23-21(27)14-25(3)13-17-6-8-18(22)9-7-17/h4-12H,13-14H2,1-3H3,(H,23,27)/p+1. The van der Waals surface area contributed by atoms with Crippen molar-refractivity contribution in [3.8, 4) is 5.69 Å². The molecular formula is C21H24ClN4O+. The van der Waals surface area contributed by atoms with E-state index < -0.39 is 0 Å². The second-order valence-electron chi connectivity index (χ2n) is 6.90. The van der Waals surface area contributed by atoms with Gasteiger partial charge in [0.15, 0.2) is 6.54 Å². The molecule has 0 aliphatic carbocycles. The third-order valence-corrected chi connectivity index (χ3v) is 4.51. The number of likely N-dealkylation sites (N-methyl/N-ethyl adjacent to an activating group) is 1. The van der Waals surface area contributed by atoms with Gasteiger partial charge in [-0.25, -0.2) is 4.68 Å². The minimum Gasteiger partial charge on any atom is -0.326 e. The largest absolute Gasteiger partial charge is 0.326 e. The van der Waals surface area contributed by atoms with E-state index >= 15 is 0 Å².